The molecule has 2 aromatic rings. The first kappa shape index (κ1) is 15.8. The van der Waals surface area contributed by atoms with Crippen molar-refractivity contribution in [3.8, 4) is 0 Å². The van der Waals surface area contributed by atoms with Gasteiger partial charge in [0.05, 0.1) is 0 Å². The zero-order valence-electron chi connectivity index (χ0n) is 12.3. The fourth-order valence-electron chi connectivity index (χ4n) is 2.22. The fourth-order valence-corrected chi connectivity index (χ4v) is 3.24. The average molecular weight is 299 g/mol. The third-order valence-corrected chi connectivity index (χ3v) is 4.64. The minimum Gasteiger partial charge on any atom is -0.326 e. The Morgan fingerprint density at radius 2 is 1.95 bits per heavy atom. The summed E-state index contributed by atoms with van der Waals surface area (Å²) in [6.45, 7) is 2.72. The molecule has 2 N–H and O–H groups in total. The number of aldehydes is 1. The van der Waals surface area contributed by atoms with E-state index in [2.05, 4.69) is 25.1 Å². The Kier molecular flexibility index (Phi) is 6.03. The number of benzene rings is 2. The van der Waals surface area contributed by atoms with E-state index in [0.717, 1.165) is 33.6 Å². The maximum atomic E-state index is 11.1. The van der Waals surface area contributed by atoms with Gasteiger partial charge >= 0.3 is 0 Å². The molecule has 0 aromatic heterocycles. The van der Waals surface area contributed by atoms with Crippen molar-refractivity contribution in [3.05, 3.63) is 59.2 Å². The molecule has 3 heteroatoms. The van der Waals surface area contributed by atoms with Crippen LogP contribution in [0.15, 0.2) is 52.3 Å². The maximum absolute atomic E-state index is 11.1. The zero-order valence-corrected chi connectivity index (χ0v) is 13.2. The van der Waals surface area contributed by atoms with Gasteiger partial charge in [-0.15, -0.1) is 0 Å². The van der Waals surface area contributed by atoms with Crippen LogP contribution in [-0.2, 0) is 13.0 Å². The Balaban J connectivity index is 2.25. The number of hydrogen-bond acceptors (Lipinski definition) is 3. The van der Waals surface area contributed by atoms with Gasteiger partial charge in [-0.1, -0.05) is 55.4 Å². The minimum atomic E-state index is 0.519. The molecule has 0 aliphatic carbocycles. The first-order chi connectivity index (χ1) is 10.3. The second-order valence-electron chi connectivity index (χ2n) is 5.01. The number of unbranched alkanes of at least 4 members (excludes halogenated alkanes) is 1. The SMILES string of the molecule is CCCCc1ccc(Sc2ccccc2C=O)c(CN)c1. The molecule has 21 heavy (non-hydrogen) atoms. The number of aryl methyl sites for hydroxylation is 1. The maximum Gasteiger partial charge on any atom is 0.151 e. The lowest BCUT2D eigenvalue weighted by molar-refractivity contribution is 0.112. The summed E-state index contributed by atoms with van der Waals surface area (Å²) < 4.78 is 0. The Labute approximate surface area is 130 Å². The number of rotatable bonds is 7. The molecule has 0 aliphatic heterocycles. The van der Waals surface area contributed by atoms with Crippen LogP contribution >= 0.6 is 11.8 Å². The number of carbonyl (C=O) groups excluding carboxylic acids is 1. The lowest BCUT2D eigenvalue weighted by Gasteiger charge is -2.11. The van der Waals surface area contributed by atoms with Crippen LogP contribution in [-0.4, -0.2) is 6.29 Å². The van der Waals surface area contributed by atoms with Crippen LogP contribution in [0.25, 0.3) is 0 Å². The van der Waals surface area contributed by atoms with Crippen LogP contribution in [0.4, 0.5) is 0 Å². The Morgan fingerprint density at radius 3 is 2.67 bits per heavy atom. The summed E-state index contributed by atoms with van der Waals surface area (Å²) >= 11 is 1.61. The van der Waals surface area contributed by atoms with Gasteiger partial charge in [0.15, 0.2) is 6.29 Å². The molecular formula is C18H21NOS. The fraction of sp³-hybridized carbons (Fsp3) is 0.278. The molecule has 0 amide bonds. The van der Waals surface area contributed by atoms with Gasteiger partial charge in [0.2, 0.25) is 0 Å². The van der Waals surface area contributed by atoms with E-state index in [-0.39, 0.29) is 0 Å². The predicted octanol–water partition coefficient (Wildman–Crippen LogP) is 4.45. The van der Waals surface area contributed by atoms with Gasteiger partial charge < -0.3 is 5.73 Å². The Hall–Kier alpha value is -1.58. The molecule has 0 bridgehead atoms. The van der Waals surface area contributed by atoms with Gasteiger partial charge in [0.25, 0.3) is 0 Å². The third-order valence-electron chi connectivity index (χ3n) is 3.43. The summed E-state index contributed by atoms with van der Waals surface area (Å²) in [6.07, 6.45) is 4.39. The standard InChI is InChI=1S/C18H21NOS/c1-2-3-6-14-9-10-18(16(11-14)12-19)21-17-8-5-4-7-15(17)13-20/h4-5,7-11,13H,2-3,6,12,19H2,1H3. The molecule has 0 atom stereocenters. The van der Waals surface area contributed by atoms with Crippen LogP contribution in [0.2, 0.25) is 0 Å². The highest BCUT2D eigenvalue weighted by atomic mass is 32.2. The van der Waals surface area contributed by atoms with E-state index in [1.807, 2.05) is 24.3 Å². The van der Waals surface area contributed by atoms with Gasteiger partial charge in [-0.05, 0) is 36.1 Å². The molecule has 2 nitrogen and oxygen atoms in total. The highest BCUT2D eigenvalue weighted by Crippen LogP contribution is 2.32. The lowest BCUT2D eigenvalue weighted by Crippen LogP contribution is -2.00. The molecule has 2 rings (SSSR count). The Morgan fingerprint density at radius 1 is 1.14 bits per heavy atom. The number of carbonyl (C=O) groups is 1. The molecule has 0 saturated carbocycles. The van der Waals surface area contributed by atoms with Crippen LogP contribution in [0.1, 0.15) is 41.3 Å². The lowest BCUT2D eigenvalue weighted by atomic mass is 10.1. The van der Waals surface area contributed by atoms with Crippen molar-refractivity contribution in [1.29, 1.82) is 0 Å². The van der Waals surface area contributed by atoms with E-state index in [1.54, 1.807) is 11.8 Å². The van der Waals surface area contributed by atoms with Gasteiger partial charge in [0, 0.05) is 21.9 Å². The van der Waals surface area contributed by atoms with E-state index in [4.69, 9.17) is 5.73 Å². The first-order valence-electron chi connectivity index (χ1n) is 7.32. The largest absolute Gasteiger partial charge is 0.326 e. The minimum absolute atomic E-state index is 0.519. The van der Waals surface area contributed by atoms with Crippen molar-refractivity contribution in [2.45, 2.75) is 42.5 Å². The van der Waals surface area contributed by atoms with Gasteiger partial charge in [0.1, 0.15) is 0 Å². The summed E-state index contributed by atoms with van der Waals surface area (Å²) in [5.74, 6) is 0. The number of nitrogens with two attached hydrogens (primary N) is 1. The molecule has 2 aromatic carbocycles. The summed E-state index contributed by atoms with van der Waals surface area (Å²) in [6, 6.07) is 14.1. The van der Waals surface area contributed by atoms with Crippen LogP contribution in [0.3, 0.4) is 0 Å². The molecule has 0 aliphatic rings. The summed E-state index contributed by atoms with van der Waals surface area (Å²) in [5, 5.41) is 0. The molecule has 110 valence electrons. The van der Waals surface area contributed by atoms with Crippen molar-refractivity contribution in [3.63, 3.8) is 0 Å². The monoisotopic (exact) mass is 299 g/mol. The van der Waals surface area contributed by atoms with E-state index in [0.29, 0.717) is 6.54 Å². The van der Waals surface area contributed by atoms with Crippen LogP contribution < -0.4 is 5.73 Å². The zero-order chi connectivity index (χ0) is 15.1. The van der Waals surface area contributed by atoms with Crippen molar-refractivity contribution in [2.75, 3.05) is 0 Å². The molecule has 0 unspecified atom stereocenters. The van der Waals surface area contributed by atoms with E-state index >= 15 is 0 Å². The van der Waals surface area contributed by atoms with E-state index in [9.17, 15) is 4.79 Å². The molecule has 0 heterocycles. The molecule has 0 fully saturated rings. The quantitative estimate of drug-likeness (QED) is 0.768. The molecule has 0 radical (unpaired) electrons. The highest BCUT2D eigenvalue weighted by molar-refractivity contribution is 7.99. The third kappa shape index (κ3) is 4.19. The van der Waals surface area contributed by atoms with Crippen LogP contribution in [0.5, 0.6) is 0 Å². The summed E-state index contributed by atoms with van der Waals surface area (Å²) in [4.78, 5) is 13.2. The average Bonchev–Trinajstić information content (AvgIpc) is 2.54. The van der Waals surface area contributed by atoms with E-state index in [1.165, 1.54) is 18.4 Å². The summed E-state index contributed by atoms with van der Waals surface area (Å²) in [5.41, 5.74) is 9.10. The van der Waals surface area contributed by atoms with Crippen molar-refractivity contribution in [1.82, 2.24) is 0 Å². The van der Waals surface area contributed by atoms with Crippen molar-refractivity contribution < 1.29 is 4.79 Å². The van der Waals surface area contributed by atoms with Gasteiger partial charge in [-0.2, -0.15) is 0 Å². The van der Waals surface area contributed by atoms with E-state index < -0.39 is 0 Å². The van der Waals surface area contributed by atoms with Crippen LogP contribution in [0, 0.1) is 0 Å². The second-order valence-corrected chi connectivity index (χ2v) is 6.09. The second kappa shape index (κ2) is 8.01. The normalized spacial score (nSPS) is 10.6. The molecule has 0 saturated heterocycles. The number of hydrogen-bond donors (Lipinski definition) is 1. The molecular weight excluding hydrogens is 278 g/mol. The first-order valence-corrected chi connectivity index (χ1v) is 8.14. The molecule has 0 spiro atoms. The highest BCUT2D eigenvalue weighted by Gasteiger charge is 2.08. The van der Waals surface area contributed by atoms with Crippen molar-refractivity contribution >= 4 is 18.0 Å². The smallest absolute Gasteiger partial charge is 0.151 e. The van der Waals surface area contributed by atoms with Gasteiger partial charge in [-0.25, -0.2) is 0 Å². The summed E-state index contributed by atoms with van der Waals surface area (Å²) in [7, 11) is 0. The van der Waals surface area contributed by atoms with Crippen molar-refractivity contribution in [2.24, 2.45) is 5.73 Å². The van der Waals surface area contributed by atoms with Gasteiger partial charge in [-0.3, -0.25) is 4.79 Å². The Bertz CT molecular complexity index is 610. The predicted molar refractivity (Wildman–Crippen MR) is 88.9 cm³/mol. The topological polar surface area (TPSA) is 43.1 Å².